The minimum absolute atomic E-state index is 0.183. The molecule has 114 valence electrons. The quantitative estimate of drug-likeness (QED) is 0.725. The fourth-order valence-corrected chi connectivity index (χ4v) is 3.18. The molecule has 1 saturated heterocycles. The topological polar surface area (TPSA) is 38.7 Å². The number of piperidine rings is 1. The van der Waals surface area contributed by atoms with E-state index in [0.29, 0.717) is 6.04 Å². The Bertz CT molecular complexity index is 252. The van der Waals surface area contributed by atoms with Crippen LogP contribution in [0.25, 0.3) is 0 Å². The smallest absolute Gasteiger partial charge is 0.0623 e. The maximum absolute atomic E-state index is 9.63. The molecule has 1 aliphatic heterocycles. The molecule has 2 N–H and O–H groups in total. The zero-order chi connectivity index (χ0) is 14.5. The van der Waals surface area contributed by atoms with Crippen LogP contribution >= 0.6 is 0 Å². The predicted octanol–water partition coefficient (Wildman–Crippen LogP) is 1.01. The average molecular weight is 271 g/mol. The van der Waals surface area contributed by atoms with Crippen molar-refractivity contribution in [1.82, 2.24) is 15.1 Å². The molecule has 0 aliphatic carbocycles. The Kier molecular flexibility index (Phi) is 6.74. The maximum atomic E-state index is 9.63. The second-order valence-electron chi connectivity index (χ2n) is 6.96. The normalized spacial score (nSPS) is 22.1. The Labute approximate surface area is 119 Å². The van der Waals surface area contributed by atoms with Crippen molar-refractivity contribution in [1.29, 1.82) is 0 Å². The van der Waals surface area contributed by atoms with E-state index in [0.717, 1.165) is 19.0 Å². The number of nitrogens with zero attached hydrogens (tertiary/aromatic N) is 2. The van der Waals surface area contributed by atoms with Crippen LogP contribution in [0.4, 0.5) is 0 Å². The van der Waals surface area contributed by atoms with Gasteiger partial charge in [0.15, 0.2) is 0 Å². The molecule has 1 unspecified atom stereocenters. The highest BCUT2D eigenvalue weighted by Gasteiger charge is 2.27. The van der Waals surface area contributed by atoms with Crippen LogP contribution in [0.1, 0.15) is 33.6 Å². The van der Waals surface area contributed by atoms with E-state index in [-0.39, 0.29) is 12.1 Å². The van der Waals surface area contributed by atoms with Crippen molar-refractivity contribution < 1.29 is 5.11 Å². The molecule has 0 aromatic rings. The van der Waals surface area contributed by atoms with Crippen molar-refractivity contribution in [3.05, 3.63) is 0 Å². The first-order chi connectivity index (χ1) is 8.84. The van der Waals surface area contributed by atoms with E-state index in [1.54, 1.807) is 0 Å². The highest BCUT2D eigenvalue weighted by Crippen LogP contribution is 2.18. The summed E-state index contributed by atoms with van der Waals surface area (Å²) in [5.41, 5.74) is -0.200. The summed E-state index contributed by atoms with van der Waals surface area (Å²) in [6.45, 7) is 11.0. The molecule has 4 nitrogen and oxygen atoms in total. The second kappa shape index (κ2) is 7.58. The van der Waals surface area contributed by atoms with Gasteiger partial charge in [0.1, 0.15) is 0 Å². The van der Waals surface area contributed by atoms with Crippen LogP contribution < -0.4 is 5.32 Å². The molecule has 4 heteroatoms. The van der Waals surface area contributed by atoms with Crippen LogP contribution in [-0.2, 0) is 0 Å². The summed E-state index contributed by atoms with van der Waals surface area (Å²) < 4.78 is 0. The van der Waals surface area contributed by atoms with Crippen LogP contribution in [0.3, 0.4) is 0 Å². The van der Waals surface area contributed by atoms with Crippen LogP contribution in [0.15, 0.2) is 0 Å². The van der Waals surface area contributed by atoms with E-state index < -0.39 is 0 Å². The fraction of sp³-hybridized carbons (Fsp3) is 1.00. The molecule has 0 spiro atoms. The van der Waals surface area contributed by atoms with Crippen molar-refractivity contribution in [2.24, 2.45) is 5.92 Å². The molecule has 0 amide bonds. The Morgan fingerprint density at radius 3 is 2.42 bits per heavy atom. The molecular weight excluding hydrogens is 238 g/mol. The third-order valence-corrected chi connectivity index (χ3v) is 4.01. The molecular formula is C15H33N3O. The molecule has 0 radical (unpaired) electrons. The number of hydrogen-bond acceptors (Lipinski definition) is 4. The van der Waals surface area contributed by atoms with Crippen molar-refractivity contribution >= 4 is 0 Å². The van der Waals surface area contributed by atoms with Crippen molar-refractivity contribution in [2.75, 3.05) is 46.9 Å². The van der Waals surface area contributed by atoms with E-state index in [2.05, 4.69) is 50.0 Å². The van der Waals surface area contributed by atoms with Gasteiger partial charge in [0.2, 0.25) is 0 Å². The Hall–Kier alpha value is -0.160. The zero-order valence-corrected chi connectivity index (χ0v) is 13.4. The summed E-state index contributed by atoms with van der Waals surface area (Å²) in [5, 5.41) is 13.1. The van der Waals surface area contributed by atoms with Gasteiger partial charge in [0.25, 0.3) is 0 Å². The molecule has 1 atom stereocenters. The summed E-state index contributed by atoms with van der Waals surface area (Å²) in [6.07, 6.45) is 2.60. The average Bonchev–Trinajstić information content (AvgIpc) is 2.31. The van der Waals surface area contributed by atoms with Crippen LogP contribution in [-0.4, -0.2) is 73.4 Å². The highest BCUT2D eigenvalue weighted by atomic mass is 16.3. The lowest BCUT2D eigenvalue weighted by Gasteiger charge is -2.37. The van der Waals surface area contributed by atoms with Gasteiger partial charge in [0, 0.05) is 19.1 Å². The van der Waals surface area contributed by atoms with E-state index >= 15 is 0 Å². The maximum Gasteiger partial charge on any atom is 0.0623 e. The number of aliphatic hydroxyl groups excluding tert-OH is 1. The first-order valence-corrected chi connectivity index (χ1v) is 7.60. The van der Waals surface area contributed by atoms with Gasteiger partial charge >= 0.3 is 0 Å². The van der Waals surface area contributed by atoms with Gasteiger partial charge in [-0.15, -0.1) is 0 Å². The SMILES string of the molecule is CC(C)NC(C)(CO)CN(C)CC1CCN(C)CC1. The third-order valence-electron chi connectivity index (χ3n) is 4.01. The lowest BCUT2D eigenvalue weighted by Crippen LogP contribution is -2.56. The van der Waals surface area contributed by atoms with Gasteiger partial charge in [0.05, 0.1) is 12.1 Å². The third kappa shape index (κ3) is 6.21. The lowest BCUT2D eigenvalue weighted by molar-refractivity contribution is 0.106. The molecule has 1 fully saturated rings. The number of hydrogen-bond donors (Lipinski definition) is 2. The number of likely N-dealkylation sites (N-methyl/N-ethyl adjacent to an activating group) is 1. The predicted molar refractivity (Wildman–Crippen MR) is 81.5 cm³/mol. The highest BCUT2D eigenvalue weighted by molar-refractivity contribution is 4.87. The number of nitrogens with one attached hydrogen (secondary N) is 1. The van der Waals surface area contributed by atoms with Crippen LogP contribution in [0, 0.1) is 5.92 Å². The zero-order valence-electron chi connectivity index (χ0n) is 13.4. The van der Waals surface area contributed by atoms with Gasteiger partial charge in [-0.1, -0.05) is 13.8 Å². The van der Waals surface area contributed by atoms with Crippen LogP contribution in [0.5, 0.6) is 0 Å². The minimum Gasteiger partial charge on any atom is -0.394 e. The monoisotopic (exact) mass is 271 g/mol. The van der Waals surface area contributed by atoms with Crippen molar-refractivity contribution in [2.45, 2.75) is 45.2 Å². The Morgan fingerprint density at radius 2 is 1.95 bits per heavy atom. The molecule has 1 heterocycles. The summed E-state index contributed by atoms with van der Waals surface area (Å²) in [4.78, 5) is 4.79. The lowest BCUT2D eigenvalue weighted by atomic mass is 9.95. The minimum atomic E-state index is -0.200. The summed E-state index contributed by atoms with van der Waals surface area (Å²) in [7, 11) is 4.38. The van der Waals surface area contributed by atoms with E-state index in [4.69, 9.17) is 0 Å². The van der Waals surface area contributed by atoms with Crippen LogP contribution in [0.2, 0.25) is 0 Å². The van der Waals surface area contributed by atoms with Gasteiger partial charge in [-0.25, -0.2) is 0 Å². The standard InChI is InChI=1S/C15H33N3O/c1-13(2)16-15(3,12-19)11-18(5)10-14-6-8-17(4)9-7-14/h13-14,16,19H,6-12H2,1-5H3. The number of rotatable bonds is 7. The Balaban J connectivity index is 2.38. The Morgan fingerprint density at radius 1 is 1.37 bits per heavy atom. The van der Waals surface area contributed by atoms with E-state index in [1.165, 1.54) is 25.9 Å². The summed E-state index contributed by atoms with van der Waals surface area (Å²) in [5.74, 6) is 0.809. The largest absolute Gasteiger partial charge is 0.394 e. The van der Waals surface area contributed by atoms with Gasteiger partial charge in [-0.3, -0.25) is 0 Å². The number of aliphatic hydroxyl groups is 1. The molecule has 0 saturated carbocycles. The van der Waals surface area contributed by atoms with E-state index in [9.17, 15) is 5.11 Å². The van der Waals surface area contributed by atoms with Gasteiger partial charge in [-0.2, -0.15) is 0 Å². The molecule has 19 heavy (non-hydrogen) atoms. The van der Waals surface area contributed by atoms with Gasteiger partial charge in [-0.05, 0) is 52.9 Å². The van der Waals surface area contributed by atoms with Crippen molar-refractivity contribution in [3.63, 3.8) is 0 Å². The second-order valence-corrected chi connectivity index (χ2v) is 6.96. The molecule has 1 rings (SSSR count). The first kappa shape index (κ1) is 16.9. The molecule has 0 aromatic carbocycles. The van der Waals surface area contributed by atoms with Gasteiger partial charge < -0.3 is 20.2 Å². The summed E-state index contributed by atoms with van der Waals surface area (Å²) in [6, 6.07) is 0.397. The number of likely N-dealkylation sites (tertiary alicyclic amines) is 1. The van der Waals surface area contributed by atoms with E-state index in [1.807, 2.05) is 0 Å². The first-order valence-electron chi connectivity index (χ1n) is 7.60. The fourth-order valence-electron chi connectivity index (χ4n) is 3.18. The summed E-state index contributed by atoms with van der Waals surface area (Å²) >= 11 is 0. The molecule has 0 aromatic heterocycles. The molecule has 0 bridgehead atoms. The molecule has 1 aliphatic rings. The van der Waals surface area contributed by atoms with Crippen molar-refractivity contribution in [3.8, 4) is 0 Å².